The zero-order chi connectivity index (χ0) is 17.7. The van der Waals surface area contributed by atoms with Gasteiger partial charge in [-0.15, -0.1) is 0 Å². The standard InChI is InChI=1S/C16H16N6O2/c1-22(2)16-20-13(19-15(18)21-16)12(9-17)8-10-4-6-11(7-5-10)14(23)24-3/h4-8H,1-3H3,(H2,18,19,20,21)/b12-8+. The van der Waals surface area contributed by atoms with E-state index < -0.39 is 5.97 Å². The number of carbonyl (C=O) groups excluding carboxylic acids is 1. The third-order valence-corrected chi connectivity index (χ3v) is 3.05. The lowest BCUT2D eigenvalue weighted by atomic mass is 10.1. The van der Waals surface area contributed by atoms with Gasteiger partial charge in [0.2, 0.25) is 11.9 Å². The molecular weight excluding hydrogens is 308 g/mol. The van der Waals surface area contributed by atoms with Crippen LogP contribution in [0, 0.1) is 11.3 Å². The highest BCUT2D eigenvalue weighted by Crippen LogP contribution is 2.17. The van der Waals surface area contributed by atoms with Gasteiger partial charge in [-0.2, -0.15) is 20.2 Å². The Bertz CT molecular complexity index is 821. The first-order valence-corrected chi connectivity index (χ1v) is 6.94. The summed E-state index contributed by atoms with van der Waals surface area (Å²) < 4.78 is 4.64. The molecule has 0 aliphatic heterocycles. The van der Waals surface area contributed by atoms with Crippen LogP contribution < -0.4 is 10.6 Å². The molecule has 0 unspecified atom stereocenters. The Morgan fingerprint density at radius 1 is 1.25 bits per heavy atom. The van der Waals surface area contributed by atoms with Crippen molar-refractivity contribution >= 4 is 29.5 Å². The van der Waals surface area contributed by atoms with Crippen LogP contribution in [0.15, 0.2) is 24.3 Å². The normalized spacial score (nSPS) is 10.8. The lowest BCUT2D eigenvalue weighted by Crippen LogP contribution is -2.15. The van der Waals surface area contributed by atoms with Crippen molar-refractivity contribution in [2.45, 2.75) is 0 Å². The molecule has 0 amide bonds. The van der Waals surface area contributed by atoms with E-state index in [1.165, 1.54) is 7.11 Å². The van der Waals surface area contributed by atoms with Crippen LogP contribution in [-0.2, 0) is 4.74 Å². The summed E-state index contributed by atoms with van der Waals surface area (Å²) >= 11 is 0. The third kappa shape index (κ3) is 3.84. The van der Waals surface area contributed by atoms with Gasteiger partial charge in [-0.25, -0.2) is 4.79 Å². The van der Waals surface area contributed by atoms with Crippen molar-refractivity contribution in [2.75, 3.05) is 31.8 Å². The van der Waals surface area contributed by atoms with Crippen LogP contribution in [0.4, 0.5) is 11.9 Å². The fourth-order valence-electron chi connectivity index (χ4n) is 1.85. The number of ether oxygens (including phenoxy) is 1. The molecule has 2 N–H and O–H groups in total. The fraction of sp³-hybridized carbons (Fsp3) is 0.188. The molecule has 0 aliphatic carbocycles. The molecule has 2 rings (SSSR count). The van der Waals surface area contributed by atoms with Crippen molar-refractivity contribution in [3.05, 3.63) is 41.2 Å². The van der Waals surface area contributed by atoms with E-state index in [1.807, 2.05) is 0 Å². The monoisotopic (exact) mass is 324 g/mol. The highest BCUT2D eigenvalue weighted by Gasteiger charge is 2.11. The Morgan fingerprint density at radius 3 is 2.46 bits per heavy atom. The van der Waals surface area contributed by atoms with Crippen LogP contribution in [0.1, 0.15) is 21.7 Å². The topological polar surface area (TPSA) is 118 Å². The molecule has 1 aromatic carbocycles. The smallest absolute Gasteiger partial charge is 0.337 e. The molecule has 8 nitrogen and oxygen atoms in total. The van der Waals surface area contributed by atoms with Crippen LogP contribution in [-0.4, -0.2) is 42.1 Å². The number of esters is 1. The number of carbonyl (C=O) groups is 1. The first kappa shape index (κ1) is 16.9. The number of rotatable bonds is 4. The summed E-state index contributed by atoms with van der Waals surface area (Å²) in [5.41, 5.74) is 7.05. The Balaban J connectivity index is 2.40. The number of allylic oxidation sites excluding steroid dienone is 1. The maximum absolute atomic E-state index is 11.4. The summed E-state index contributed by atoms with van der Waals surface area (Å²) in [5.74, 6) is 0.156. The van der Waals surface area contributed by atoms with Crippen LogP contribution >= 0.6 is 0 Å². The highest BCUT2D eigenvalue weighted by atomic mass is 16.5. The highest BCUT2D eigenvalue weighted by molar-refractivity contribution is 5.91. The van der Waals surface area contributed by atoms with Crippen molar-refractivity contribution in [3.63, 3.8) is 0 Å². The fourth-order valence-corrected chi connectivity index (χ4v) is 1.85. The molecule has 0 saturated heterocycles. The molecule has 2 aromatic rings. The van der Waals surface area contributed by atoms with E-state index in [1.54, 1.807) is 49.3 Å². The van der Waals surface area contributed by atoms with E-state index in [9.17, 15) is 10.1 Å². The SMILES string of the molecule is COC(=O)c1ccc(/C=C(\C#N)c2nc(N)nc(N(C)C)n2)cc1. The van der Waals surface area contributed by atoms with Gasteiger partial charge in [0.1, 0.15) is 6.07 Å². The van der Waals surface area contributed by atoms with E-state index in [0.29, 0.717) is 17.1 Å². The second-order valence-electron chi connectivity index (χ2n) is 5.00. The summed E-state index contributed by atoms with van der Waals surface area (Å²) in [6.45, 7) is 0. The van der Waals surface area contributed by atoms with Crippen molar-refractivity contribution in [3.8, 4) is 6.07 Å². The zero-order valence-corrected chi connectivity index (χ0v) is 13.5. The number of aromatic nitrogens is 3. The molecule has 0 radical (unpaired) electrons. The van der Waals surface area contributed by atoms with Gasteiger partial charge in [0, 0.05) is 14.1 Å². The molecule has 1 aromatic heterocycles. The van der Waals surface area contributed by atoms with Crippen LogP contribution in [0.3, 0.4) is 0 Å². The number of benzene rings is 1. The molecule has 1 heterocycles. The molecule has 8 heteroatoms. The Labute approximate surface area is 139 Å². The first-order valence-electron chi connectivity index (χ1n) is 6.94. The van der Waals surface area contributed by atoms with Crippen LogP contribution in [0.5, 0.6) is 0 Å². The van der Waals surface area contributed by atoms with E-state index >= 15 is 0 Å². The summed E-state index contributed by atoms with van der Waals surface area (Å²) in [5, 5.41) is 9.39. The average Bonchev–Trinajstić information content (AvgIpc) is 2.58. The van der Waals surface area contributed by atoms with Crippen LogP contribution in [0.25, 0.3) is 11.6 Å². The predicted molar refractivity (Wildman–Crippen MR) is 89.8 cm³/mol. The number of hydrogen-bond acceptors (Lipinski definition) is 8. The first-order chi connectivity index (χ1) is 11.4. The van der Waals surface area contributed by atoms with Crippen LogP contribution in [0.2, 0.25) is 0 Å². The van der Waals surface area contributed by atoms with Crippen molar-refractivity contribution < 1.29 is 9.53 Å². The molecule has 0 fully saturated rings. The molecule has 24 heavy (non-hydrogen) atoms. The number of methoxy groups -OCH3 is 1. The predicted octanol–water partition coefficient (Wildman–Crippen LogP) is 1.37. The molecule has 0 atom stereocenters. The van der Waals surface area contributed by atoms with Gasteiger partial charge in [0.25, 0.3) is 0 Å². The van der Waals surface area contributed by atoms with Gasteiger partial charge in [-0.05, 0) is 23.8 Å². The van der Waals surface area contributed by atoms with Gasteiger partial charge in [-0.1, -0.05) is 12.1 Å². The summed E-state index contributed by atoms with van der Waals surface area (Å²) in [6.07, 6.45) is 1.61. The minimum Gasteiger partial charge on any atom is -0.465 e. The number of nitriles is 1. The average molecular weight is 324 g/mol. The van der Waals surface area contributed by atoms with Gasteiger partial charge in [0.15, 0.2) is 5.82 Å². The molecule has 0 aliphatic rings. The molecule has 0 spiro atoms. The second-order valence-corrected chi connectivity index (χ2v) is 5.00. The quantitative estimate of drug-likeness (QED) is 0.661. The number of nitrogens with zero attached hydrogens (tertiary/aromatic N) is 5. The summed E-state index contributed by atoms with van der Waals surface area (Å²) in [7, 11) is 4.84. The van der Waals surface area contributed by atoms with E-state index in [4.69, 9.17) is 5.73 Å². The zero-order valence-electron chi connectivity index (χ0n) is 13.5. The van der Waals surface area contributed by atoms with E-state index in [-0.39, 0.29) is 17.3 Å². The van der Waals surface area contributed by atoms with Gasteiger partial charge >= 0.3 is 5.97 Å². The lowest BCUT2D eigenvalue weighted by molar-refractivity contribution is 0.0600. The van der Waals surface area contributed by atoms with Crippen molar-refractivity contribution in [2.24, 2.45) is 0 Å². The maximum atomic E-state index is 11.4. The Kier molecular flexibility index (Phi) is 5.06. The molecule has 0 saturated carbocycles. The maximum Gasteiger partial charge on any atom is 0.337 e. The number of nitrogen functional groups attached to an aromatic ring is 1. The minimum absolute atomic E-state index is 0.0332. The van der Waals surface area contributed by atoms with E-state index in [0.717, 1.165) is 0 Å². The largest absolute Gasteiger partial charge is 0.465 e. The molecular formula is C16H16N6O2. The van der Waals surface area contributed by atoms with E-state index in [2.05, 4.69) is 25.8 Å². The number of anilines is 2. The summed E-state index contributed by atoms with van der Waals surface area (Å²) in [4.78, 5) is 25.3. The third-order valence-electron chi connectivity index (χ3n) is 3.05. The van der Waals surface area contributed by atoms with Crippen molar-refractivity contribution in [1.82, 2.24) is 15.0 Å². The summed E-state index contributed by atoms with van der Waals surface area (Å²) in [6, 6.07) is 8.66. The second kappa shape index (κ2) is 7.19. The van der Waals surface area contributed by atoms with Gasteiger partial charge in [0.05, 0.1) is 18.2 Å². The van der Waals surface area contributed by atoms with Gasteiger partial charge in [-0.3, -0.25) is 0 Å². The molecule has 0 bridgehead atoms. The van der Waals surface area contributed by atoms with Gasteiger partial charge < -0.3 is 15.4 Å². The Morgan fingerprint density at radius 2 is 1.92 bits per heavy atom. The number of hydrogen-bond donors (Lipinski definition) is 1. The lowest BCUT2D eigenvalue weighted by Gasteiger charge is -2.11. The minimum atomic E-state index is -0.424. The van der Waals surface area contributed by atoms with Crippen molar-refractivity contribution in [1.29, 1.82) is 5.26 Å². The molecule has 122 valence electrons. The Hall–Kier alpha value is -3.47. The number of nitrogens with two attached hydrogens (primary N) is 1.